The molecule has 1 heterocycles. The van der Waals surface area contributed by atoms with Gasteiger partial charge in [0.25, 0.3) is 0 Å². The van der Waals surface area contributed by atoms with Gasteiger partial charge in [0.1, 0.15) is 5.82 Å². The van der Waals surface area contributed by atoms with Gasteiger partial charge in [-0.2, -0.15) is 5.10 Å². The fourth-order valence-electron chi connectivity index (χ4n) is 1.62. The largest absolute Gasteiger partial charge is 0.391 e. The van der Waals surface area contributed by atoms with Gasteiger partial charge in [-0.15, -0.1) is 0 Å². The average molecular weight is 239 g/mol. The van der Waals surface area contributed by atoms with Crippen LogP contribution < -0.4 is 0 Å². The van der Waals surface area contributed by atoms with Gasteiger partial charge in [0, 0.05) is 11.3 Å². The van der Waals surface area contributed by atoms with E-state index in [9.17, 15) is 5.11 Å². The number of hydrogen-bond acceptors (Lipinski definition) is 3. The Morgan fingerprint density at radius 2 is 1.88 bits per heavy atom. The van der Waals surface area contributed by atoms with Gasteiger partial charge in [-0.1, -0.05) is 41.5 Å². The summed E-state index contributed by atoms with van der Waals surface area (Å²) in [6.07, 6.45) is 0.387. The summed E-state index contributed by atoms with van der Waals surface area (Å²) in [5, 5.41) is 14.3. The Morgan fingerprint density at radius 3 is 2.29 bits per heavy atom. The third kappa shape index (κ3) is 3.53. The molecule has 0 saturated heterocycles. The maximum absolute atomic E-state index is 9.76. The number of aliphatic hydroxyl groups is 1. The van der Waals surface area contributed by atoms with Crippen LogP contribution >= 0.6 is 0 Å². The molecule has 0 aliphatic rings. The fraction of sp³-hybridized carbons (Fsp3) is 0.846. The van der Waals surface area contributed by atoms with E-state index >= 15 is 0 Å². The molecule has 1 N–H and O–H groups in total. The summed E-state index contributed by atoms with van der Waals surface area (Å²) in [5.74, 6) is 2.13. The lowest BCUT2D eigenvalue weighted by atomic mass is 9.95. The van der Waals surface area contributed by atoms with Gasteiger partial charge < -0.3 is 5.11 Å². The van der Waals surface area contributed by atoms with E-state index in [4.69, 9.17) is 0 Å². The van der Waals surface area contributed by atoms with Crippen molar-refractivity contribution >= 4 is 0 Å². The van der Waals surface area contributed by atoms with E-state index in [-0.39, 0.29) is 11.5 Å². The minimum Gasteiger partial charge on any atom is -0.391 e. The van der Waals surface area contributed by atoms with E-state index < -0.39 is 0 Å². The van der Waals surface area contributed by atoms with Gasteiger partial charge in [0.05, 0.1) is 12.6 Å². The van der Waals surface area contributed by atoms with Gasteiger partial charge in [-0.25, -0.2) is 9.67 Å². The van der Waals surface area contributed by atoms with Gasteiger partial charge in [-0.05, 0) is 6.42 Å². The van der Waals surface area contributed by atoms with E-state index in [0.717, 1.165) is 18.1 Å². The number of hydrogen-bond donors (Lipinski definition) is 1. The number of aliphatic hydroxyl groups excluding tert-OH is 1. The minimum atomic E-state index is -0.349. The quantitative estimate of drug-likeness (QED) is 0.878. The van der Waals surface area contributed by atoms with Crippen molar-refractivity contribution in [2.45, 2.75) is 71.9 Å². The lowest BCUT2D eigenvalue weighted by Crippen LogP contribution is -2.24. The molecule has 4 heteroatoms. The van der Waals surface area contributed by atoms with E-state index in [1.165, 1.54) is 0 Å². The van der Waals surface area contributed by atoms with Crippen LogP contribution in [0.2, 0.25) is 0 Å². The first-order chi connectivity index (χ1) is 7.75. The van der Waals surface area contributed by atoms with Crippen LogP contribution in [0, 0.1) is 0 Å². The first kappa shape index (κ1) is 14.2. The van der Waals surface area contributed by atoms with Crippen molar-refractivity contribution in [2.75, 3.05) is 0 Å². The van der Waals surface area contributed by atoms with Crippen molar-refractivity contribution in [1.29, 1.82) is 0 Å². The molecule has 1 atom stereocenters. The van der Waals surface area contributed by atoms with Crippen LogP contribution in [0.15, 0.2) is 0 Å². The highest BCUT2D eigenvalue weighted by Crippen LogP contribution is 2.22. The van der Waals surface area contributed by atoms with E-state index in [1.807, 2.05) is 11.6 Å². The molecule has 0 spiro atoms. The molecule has 0 radical (unpaired) electrons. The Balaban J connectivity index is 3.08. The lowest BCUT2D eigenvalue weighted by molar-refractivity contribution is 0.142. The molecule has 98 valence electrons. The van der Waals surface area contributed by atoms with Crippen molar-refractivity contribution in [3.8, 4) is 0 Å². The number of nitrogens with zero attached hydrogens (tertiary/aromatic N) is 3. The van der Waals surface area contributed by atoms with Crippen LogP contribution in [-0.4, -0.2) is 26.0 Å². The zero-order valence-electron chi connectivity index (χ0n) is 11.9. The molecule has 1 aromatic heterocycles. The predicted molar refractivity (Wildman–Crippen MR) is 69.1 cm³/mol. The second-order valence-corrected chi connectivity index (χ2v) is 5.94. The highest BCUT2D eigenvalue weighted by atomic mass is 16.3. The molecule has 0 aliphatic heterocycles. The van der Waals surface area contributed by atoms with Crippen LogP contribution in [0.25, 0.3) is 0 Å². The minimum absolute atomic E-state index is 0.0480. The average Bonchev–Trinajstić information content (AvgIpc) is 2.61. The van der Waals surface area contributed by atoms with Crippen LogP contribution in [0.3, 0.4) is 0 Å². The summed E-state index contributed by atoms with van der Waals surface area (Å²) in [5.41, 5.74) is -0.0480. The zero-order valence-corrected chi connectivity index (χ0v) is 11.9. The van der Waals surface area contributed by atoms with E-state index in [1.54, 1.807) is 0 Å². The Hall–Kier alpha value is -0.900. The molecule has 1 rings (SSSR count). The van der Waals surface area contributed by atoms with Crippen LogP contribution in [-0.2, 0) is 12.0 Å². The monoisotopic (exact) mass is 239 g/mol. The van der Waals surface area contributed by atoms with Crippen molar-refractivity contribution < 1.29 is 5.11 Å². The Morgan fingerprint density at radius 1 is 1.29 bits per heavy atom. The lowest BCUT2D eigenvalue weighted by Gasteiger charge is -2.19. The molecule has 0 saturated carbocycles. The summed E-state index contributed by atoms with van der Waals surface area (Å²) < 4.78 is 1.86. The zero-order chi connectivity index (χ0) is 13.2. The standard InChI is InChI=1S/C13H25N3O/c1-7-10(17)8-16-12(13(4,5)6)14-11(15-16)9(2)3/h9-10,17H,7-8H2,1-6H3/t10-/m0/s1. The van der Waals surface area contributed by atoms with Gasteiger partial charge in [0.2, 0.25) is 0 Å². The first-order valence-corrected chi connectivity index (χ1v) is 6.39. The predicted octanol–water partition coefficient (Wildman–Crippen LogP) is 2.47. The SMILES string of the molecule is CC[C@H](O)Cn1nc(C(C)C)nc1C(C)(C)C. The summed E-state index contributed by atoms with van der Waals surface area (Å²) in [7, 11) is 0. The van der Waals surface area contributed by atoms with E-state index in [2.05, 4.69) is 44.7 Å². The molecule has 17 heavy (non-hydrogen) atoms. The van der Waals surface area contributed by atoms with Gasteiger partial charge >= 0.3 is 0 Å². The Bertz CT molecular complexity index is 363. The van der Waals surface area contributed by atoms with Crippen molar-refractivity contribution in [3.63, 3.8) is 0 Å². The summed E-state index contributed by atoms with van der Waals surface area (Å²) in [4.78, 5) is 4.61. The van der Waals surface area contributed by atoms with Crippen LogP contribution in [0.1, 0.15) is 65.5 Å². The van der Waals surface area contributed by atoms with Crippen LogP contribution in [0.4, 0.5) is 0 Å². The molecule has 0 unspecified atom stereocenters. The molecule has 0 aromatic carbocycles. The molecule has 0 amide bonds. The molecule has 0 bridgehead atoms. The number of aromatic nitrogens is 3. The third-order valence-electron chi connectivity index (χ3n) is 2.73. The first-order valence-electron chi connectivity index (χ1n) is 6.39. The maximum Gasteiger partial charge on any atom is 0.153 e. The molecule has 0 aliphatic carbocycles. The summed E-state index contributed by atoms with van der Waals surface area (Å²) >= 11 is 0. The van der Waals surface area contributed by atoms with Gasteiger partial charge in [-0.3, -0.25) is 0 Å². The summed E-state index contributed by atoms with van der Waals surface area (Å²) in [6, 6.07) is 0. The van der Waals surface area contributed by atoms with Crippen LogP contribution in [0.5, 0.6) is 0 Å². The molecular formula is C13H25N3O. The second-order valence-electron chi connectivity index (χ2n) is 5.94. The van der Waals surface area contributed by atoms with Crippen molar-refractivity contribution in [3.05, 3.63) is 11.6 Å². The fourth-order valence-corrected chi connectivity index (χ4v) is 1.62. The topological polar surface area (TPSA) is 50.9 Å². The Labute approximate surface area is 104 Å². The normalized spacial score (nSPS) is 14.4. The number of rotatable bonds is 4. The highest BCUT2D eigenvalue weighted by Gasteiger charge is 2.24. The van der Waals surface area contributed by atoms with Gasteiger partial charge in [0.15, 0.2) is 5.82 Å². The molecular weight excluding hydrogens is 214 g/mol. The van der Waals surface area contributed by atoms with Crippen molar-refractivity contribution in [1.82, 2.24) is 14.8 Å². The van der Waals surface area contributed by atoms with E-state index in [0.29, 0.717) is 12.5 Å². The molecule has 4 nitrogen and oxygen atoms in total. The Kier molecular flexibility index (Phi) is 4.31. The highest BCUT2D eigenvalue weighted by molar-refractivity contribution is 5.06. The molecule has 1 aromatic rings. The summed E-state index contributed by atoms with van der Waals surface area (Å²) in [6.45, 7) is 13.0. The van der Waals surface area contributed by atoms with Crippen molar-refractivity contribution in [2.24, 2.45) is 0 Å². The maximum atomic E-state index is 9.76. The second kappa shape index (κ2) is 5.17. The molecule has 0 fully saturated rings. The smallest absolute Gasteiger partial charge is 0.153 e. The third-order valence-corrected chi connectivity index (χ3v) is 2.73.